The zero-order valence-corrected chi connectivity index (χ0v) is 14.5. The third kappa shape index (κ3) is 7.82. The van der Waals surface area contributed by atoms with Gasteiger partial charge in [-0.05, 0) is 37.0 Å². The Balaban J connectivity index is 2.48. The van der Waals surface area contributed by atoms with Crippen LogP contribution in [0.1, 0.15) is 73.6 Å². The summed E-state index contributed by atoms with van der Waals surface area (Å²) in [5.41, 5.74) is 0.771. The Labute approximate surface area is 139 Å². The van der Waals surface area contributed by atoms with E-state index in [-0.39, 0.29) is 0 Å². The summed E-state index contributed by atoms with van der Waals surface area (Å²) in [7, 11) is 0. The monoisotopic (exact) mass is 320 g/mol. The number of benzene rings is 1. The van der Waals surface area contributed by atoms with Gasteiger partial charge in [0.2, 0.25) is 0 Å². The quantitative estimate of drug-likeness (QED) is 0.466. The van der Waals surface area contributed by atoms with Crippen LogP contribution in [0.3, 0.4) is 0 Å². The van der Waals surface area contributed by atoms with E-state index in [0.717, 1.165) is 32.1 Å². The first-order chi connectivity index (χ1) is 11.0. The van der Waals surface area contributed by atoms with Crippen molar-refractivity contribution in [2.45, 2.75) is 52.9 Å². The van der Waals surface area contributed by atoms with Crippen LogP contribution < -0.4 is 0 Å². The van der Waals surface area contributed by atoms with Gasteiger partial charge in [0.05, 0.1) is 24.3 Å². The van der Waals surface area contributed by atoms with Crippen LogP contribution in [0.15, 0.2) is 24.3 Å². The third-order valence-corrected chi connectivity index (χ3v) is 3.49. The molecular weight excluding hydrogens is 292 g/mol. The molecule has 0 unspecified atom stereocenters. The summed E-state index contributed by atoms with van der Waals surface area (Å²) in [5.74, 6) is -0.307. The normalized spacial score (nSPS) is 10.6. The maximum atomic E-state index is 12.0. The zero-order valence-electron chi connectivity index (χ0n) is 14.5. The molecule has 0 saturated carbocycles. The van der Waals surface area contributed by atoms with Gasteiger partial charge in [0, 0.05) is 0 Å². The smallest absolute Gasteiger partial charge is 0.338 e. The number of ether oxygens (including phenoxy) is 2. The first-order valence-electron chi connectivity index (χ1n) is 8.49. The predicted molar refractivity (Wildman–Crippen MR) is 90.6 cm³/mol. The molecule has 0 bridgehead atoms. The minimum absolute atomic E-state index is 0.384. The fraction of sp³-hybridized carbons (Fsp3) is 0.579. The van der Waals surface area contributed by atoms with Crippen LogP contribution in [0.2, 0.25) is 0 Å². The molecule has 0 aliphatic rings. The van der Waals surface area contributed by atoms with E-state index in [0.29, 0.717) is 30.3 Å². The number of rotatable bonds is 10. The summed E-state index contributed by atoms with van der Waals surface area (Å²) in [5, 5.41) is 0. The summed E-state index contributed by atoms with van der Waals surface area (Å²) in [4.78, 5) is 23.9. The van der Waals surface area contributed by atoms with Crippen molar-refractivity contribution in [2.24, 2.45) is 5.92 Å². The molecule has 1 rings (SSSR count). The van der Waals surface area contributed by atoms with Crippen LogP contribution in [0.5, 0.6) is 0 Å². The first kappa shape index (κ1) is 19.2. The summed E-state index contributed by atoms with van der Waals surface area (Å²) in [6.45, 7) is 7.10. The first-order valence-corrected chi connectivity index (χ1v) is 8.49. The van der Waals surface area contributed by atoms with Gasteiger partial charge in [-0.1, -0.05) is 46.1 Å². The Bertz CT molecular complexity index is 494. The van der Waals surface area contributed by atoms with Gasteiger partial charge in [0.1, 0.15) is 0 Å². The molecule has 1 aromatic carbocycles. The van der Waals surface area contributed by atoms with E-state index in [1.807, 2.05) is 0 Å². The highest BCUT2D eigenvalue weighted by atomic mass is 16.5. The van der Waals surface area contributed by atoms with Crippen LogP contribution in [0.4, 0.5) is 0 Å². The lowest BCUT2D eigenvalue weighted by atomic mass is 10.1. The Morgan fingerprint density at radius 2 is 1.57 bits per heavy atom. The van der Waals surface area contributed by atoms with Crippen molar-refractivity contribution in [2.75, 3.05) is 13.2 Å². The van der Waals surface area contributed by atoms with Crippen molar-refractivity contribution in [3.8, 4) is 0 Å². The molecule has 0 atom stereocenters. The summed E-state index contributed by atoms with van der Waals surface area (Å²) >= 11 is 0. The minimum Gasteiger partial charge on any atom is -0.462 e. The number of carbonyl (C=O) groups excluding carboxylic acids is 2. The number of hydrogen-bond acceptors (Lipinski definition) is 4. The molecule has 0 spiro atoms. The lowest BCUT2D eigenvalue weighted by Crippen LogP contribution is -2.11. The molecule has 0 saturated heterocycles. The molecule has 0 N–H and O–H groups in total. The number of unbranched alkanes of at least 4 members (excludes halogenated alkanes) is 3. The highest BCUT2D eigenvalue weighted by molar-refractivity contribution is 5.95. The Kier molecular flexibility index (Phi) is 9.03. The van der Waals surface area contributed by atoms with Crippen LogP contribution in [-0.2, 0) is 9.47 Å². The number of hydrogen-bond donors (Lipinski definition) is 0. The van der Waals surface area contributed by atoms with Gasteiger partial charge >= 0.3 is 11.9 Å². The molecule has 0 aromatic heterocycles. The molecule has 23 heavy (non-hydrogen) atoms. The van der Waals surface area contributed by atoms with Crippen molar-refractivity contribution in [3.63, 3.8) is 0 Å². The summed E-state index contributed by atoms with van der Waals surface area (Å²) in [6, 6.07) is 6.51. The second-order valence-corrected chi connectivity index (χ2v) is 6.10. The molecule has 0 amide bonds. The zero-order chi connectivity index (χ0) is 17.1. The molecule has 0 aliphatic heterocycles. The standard InChI is InChI=1S/C19H28O4/c1-4-5-6-7-12-22-18(20)16-9-8-10-17(14-16)19(21)23-13-11-15(2)3/h8-10,14-15H,4-7,11-13H2,1-3H3. The van der Waals surface area contributed by atoms with Gasteiger partial charge < -0.3 is 9.47 Å². The minimum atomic E-state index is -0.400. The lowest BCUT2D eigenvalue weighted by Gasteiger charge is -2.08. The van der Waals surface area contributed by atoms with Crippen molar-refractivity contribution in [3.05, 3.63) is 35.4 Å². The maximum absolute atomic E-state index is 12.0. The molecule has 0 heterocycles. The Morgan fingerprint density at radius 3 is 2.13 bits per heavy atom. The highest BCUT2D eigenvalue weighted by Gasteiger charge is 2.12. The van der Waals surface area contributed by atoms with E-state index in [4.69, 9.17) is 9.47 Å². The van der Waals surface area contributed by atoms with E-state index >= 15 is 0 Å². The summed E-state index contributed by atoms with van der Waals surface area (Å²) < 4.78 is 10.4. The SMILES string of the molecule is CCCCCCOC(=O)c1cccc(C(=O)OCCC(C)C)c1. The van der Waals surface area contributed by atoms with Crippen molar-refractivity contribution >= 4 is 11.9 Å². The average Bonchev–Trinajstić information content (AvgIpc) is 2.54. The number of esters is 2. The predicted octanol–water partition coefficient (Wildman–Crippen LogP) is 4.63. The van der Waals surface area contributed by atoms with Gasteiger partial charge in [-0.2, -0.15) is 0 Å². The van der Waals surface area contributed by atoms with E-state index in [9.17, 15) is 9.59 Å². The fourth-order valence-electron chi connectivity index (χ4n) is 2.02. The number of carbonyl (C=O) groups is 2. The molecule has 0 fully saturated rings. The molecule has 128 valence electrons. The van der Waals surface area contributed by atoms with Crippen LogP contribution in [0.25, 0.3) is 0 Å². The molecule has 0 aliphatic carbocycles. The molecule has 4 nitrogen and oxygen atoms in total. The summed E-state index contributed by atoms with van der Waals surface area (Å²) in [6.07, 6.45) is 5.05. The Morgan fingerprint density at radius 1 is 0.957 bits per heavy atom. The van der Waals surface area contributed by atoms with E-state index in [2.05, 4.69) is 20.8 Å². The largest absolute Gasteiger partial charge is 0.462 e. The molecule has 0 radical (unpaired) electrons. The Hall–Kier alpha value is -1.84. The average molecular weight is 320 g/mol. The van der Waals surface area contributed by atoms with E-state index in [1.165, 1.54) is 6.07 Å². The lowest BCUT2D eigenvalue weighted by molar-refractivity contribution is 0.0488. The second kappa shape index (κ2) is 10.8. The topological polar surface area (TPSA) is 52.6 Å². The van der Waals surface area contributed by atoms with Gasteiger partial charge in [0.25, 0.3) is 0 Å². The van der Waals surface area contributed by atoms with Gasteiger partial charge in [-0.15, -0.1) is 0 Å². The van der Waals surface area contributed by atoms with Gasteiger partial charge in [-0.3, -0.25) is 0 Å². The molecule has 1 aromatic rings. The van der Waals surface area contributed by atoms with E-state index < -0.39 is 11.9 Å². The van der Waals surface area contributed by atoms with Gasteiger partial charge in [-0.25, -0.2) is 9.59 Å². The second-order valence-electron chi connectivity index (χ2n) is 6.10. The van der Waals surface area contributed by atoms with Gasteiger partial charge in [0.15, 0.2) is 0 Å². The van der Waals surface area contributed by atoms with Crippen LogP contribution in [-0.4, -0.2) is 25.2 Å². The maximum Gasteiger partial charge on any atom is 0.338 e. The van der Waals surface area contributed by atoms with Crippen LogP contribution >= 0.6 is 0 Å². The fourth-order valence-corrected chi connectivity index (χ4v) is 2.02. The van der Waals surface area contributed by atoms with Crippen molar-refractivity contribution < 1.29 is 19.1 Å². The van der Waals surface area contributed by atoms with Crippen LogP contribution in [0, 0.1) is 5.92 Å². The van der Waals surface area contributed by atoms with E-state index in [1.54, 1.807) is 18.2 Å². The van der Waals surface area contributed by atoms with Crippen molar-refractivity contribution in [1.82, 2.24) is 0 Å². The highest BCUT2D eigenvalue weighted by Crippen LogP contribution is 2.10. The molecule has 4 heteroatoms. The van der Waals surface area contributed by atoms with Crippen molar-refractivity contribution in [1.29, 1.82) is 0 Å². The molecular formula is C19H28O4. The third-order valence-electron chi connectivity index (χ3n) is 3.49.